The Labute approximate surface area is 105 Å². The van der Waals surface area contributed by atoms with Crippen LogP contribution in [0.4, 0.5) is 0 Å². The Kier molecular flexibility index (Phi) is 3.41. The van der Waals surface area contributed by atoms with E-state index in [1.165, 1.54) is 0 Å². The van der Waals surface area contributed by atoms with Crippen molar-refractivity contribution in [2.45, 2.75) is 25.8 Å². The predicted molar refractivity (Wildman–Crippen MR) is 64.8 cm³/mol. The van der Waals surface area contributed by atoms with Crippen molar-refractivity contribution in [3.8, 4) is 0 Å². The summed E-state index contributed by atoms with van der Waals surface area (Å²) < 4.78 is 0. The van der Waals surface area contributed by atoms with Crippen LogP contribution in [0.25, 0.3) is 0 Å². The van der Waals surface area contributed by atoms with Gasteiger partial charge >= 0.3 is 0 Å². The highest BCUT2D eigenvalue weighted by Crippen LogP contribution is 2.09. The zero-order chi connectivity index (χ0) is 13.1. The number of carbonyl (C=O) groups is 3. The summed E-state index contributed by atoms with van der Waals surface area (Å²) in [5.41, 5.74) is 1.39. The number of rotatable bonds is 2. The van der Waals surface area contributed by atoms with Crippen LogP contribution in [-0.2, 0) is 9.59 Å². The molecular formula is C13H14N2O3. The van der Waals surface area contributed by atoms with Gasteiger partial charge in [0.05, 0.1) is 0 Å². The van der Waals surface area contributed by atoms with E-state index < -0.39 is 11.9 Å². The largest absolute Gasteiger partial charge is 0.340 e. The van der Waals surface area contributed by atoms with Crippen LogP contribution >= 0.6 is 0 Å². The maximum absolute atomic E-state index is 12.0. The van der Waals surface area contributed by atoms with Gasteiger partial charge in [0.1, 0.15) is 6.04 Å². The van der Waals surface area contributed by atoms with Crippen LogP contribution in [0.1, 0.15) is 28.8 Å². The van der Waals surface area contributed by atoms with E-state index in [4.69, 9.17) is 0 Å². The molecule has 5 heteroatoms. The lowest BCUT2D eigenvalue weighted by Crippen LogP contribution is -2.52. The minimum Gasteiger partial charge on any atom is -0.340 e. The van der Waals surface area contributed by atoms with E-state index >= 15 is 0 Å². The first-order valence-corrected chi connectivity index (χ1v) is 5.78. The summed E-state index contributed by atoms with van der Waals surface area (Å²) in [5.74, 6) is -1.02. The van der Waals surface area contributed by atoms with Crippen molar-refractivity contribution in [2.24, 2.45) is 0 Å². The van der Waals surface area contributed by atoms with Gasteiger partial charge in [-0.15, -0.1) is 0 Å². The second kappa shape index (κ2) is 5.00. The maximum atomic E-state index is 12.0. The summed E-state index contributed by atoms with van der Waals surface area (Å²) >= 11 is 0. The monoisotopic (exact) mass is 246 g/mol. The van der Waals surface area contributed by atoms with Crippen LogP contribution in [0.3, 0.4) is 0 Å². The van der Waals surface area contributed by atoms with Gasteiger partial charge in [-0.3, -0.25) is 19.7 Å². The second-order valence-corrected chi connectivity index (χ2v) is 4.29. The van der Waals surface area contributed by atoms with E-state index in [9.17, 15) is 14.4 Å². The zero-order valence-corrected chi connectivity index (χ0v) is 10.0. The van der Waals surface area contributed by atoms with E-state index in [2.05, 4.69) is 10.6 Å². The normalized spacial score (nSPS) is 19.3. The highest BCUT2D eigenvalue weighted by molar-refractivity contribution is 6.04. The fraction of sp³-hybridized carbons (Fsp3) is 0.308. The minimum atomic E-state index is -0.630. The standard InChI is InChI=1S/C13H14N2O3/c1-8-4-2-3-5-9(8)12(17)14-10-6-7-11(16)15-13(10)18/h2-5,10H,6-7H2,1H3,(H,14,17)(H,15,16,18)/t10-/m0/s1. The van der Waals surface area contributed by atoms with Crippen molar-refractivity contribution >= 4 is 17.7 Å². The molecule has 0 saturated carbocycles. The lowest BCUT2D eigenvalue weighted by atomic mass is 10.0. The molecule has 1 atom stereocenters. The summed E-state index contributed by atoms with van der Waals surface area (Å²) in [6, 6.07) is 6.52. The van der Waals surface area contributed by atoms with E-state index in [0.29, 0.717) is 12.0 Å². The minimum absolute atomic E-state index is 0.254. The van der Waals surface area contributed by atoms with Gasteiger partial charge in [-0.25, -0.2) is 0 Å². The molecule has 18 heavy (non-hydrogen) atoms. The molecule has 2 N–H and O–H groups in total. The zero-order valence-electron chi connectivity index (χ0n) is 10.0. The molecule has 2 rings (SSSR count). The number of carbonyl (C=O) groups excluding carboxylic acids is 3. The first-order valence-electron chi connectivity index (χ1n) is 5.78. The fourth-order valence-corrected chi connectivity index (χ4v) is 1.89. The van der Waals surface area contributed by atoms with Crippen LogP contribution in [0.15, 0.2) is 24.3 Å². The van der Waals surface area contributed by atoms with Crippen molar-refractivity contribution in [3.63, 3.8) is 0 Å². The SMILES string of the molecule is Cc1ccccc1C(=O)N[C@H]1CCC(=O)NC1=O. The number of imide groups is 1. The highest BCUT2D eigenvalue weighted by Gasteiger charge is 2.28. The van der Waals surface area contributed by atoms with Crippen molar-refractivity contribution in [1.29, 1.82) is 0 Å². The molecule has 1 heterocycles. The van der Waals surface area contributed by atoms with Gasteiger partial charge in [-0.2, -0.15) is 0 Å². The van der Waals surface area contributed by atoms with Crippen molar-refractivity contribution in [3.05, 3.63) is 35.4 Å². The Morgan fingerprint density at radius 2 is 2.06 bits per heavy atom. The van der Waals surface area contributed by atoms with E-state index in [1.807, 2.05) is 19.1 Å². The Balaban J connectivity index is 2.06. The summed E-state index contributed by atoms with van der Waals surface area (Å²) in [6.45, 7) is 1.83. The van der Waals surface area contributed by atoms with Gasteiger partial charge in [-0.05, 0) is 25.0 Å². The van der Waals surface area contributed by atoms with Gasteiger partial charge in [0.25, 0.3) is 5.91 Å². The number of piperidine rings is 1. The third kappa shape index (κ3) is 2.56. The quantitative estimate of drug-likeness (QED) is 0.747. The first-order chi connectivity index (χ1) is 8.58. The van der Waals surface area contributed by atoms with Gasteiger partial charge in [0.15, 0.2) is 0 Å². The van der Waals surface area contributed by atoms with E-state index in [-0.39, 0.29) is 18.2 Å². The van der Waals surface area contributed by atoms with Crippen LogP contribution in [-0.4, -0.2) is 23.8 Å². The number of hydrogen-bond donors (Lipinski definition) is 2. The highest BCUT2D eigenvalue weighted by atomic mass is 16.2. The predicted octanol–water partition coefficient (Wildman–Crippen LogP) is 0.530. The number of amides is 3. The van der Waals surface area contributed by atoms with Crippen LogP contribution in [0.2, 0.25) is 0 Å². The number of nitrogens with one attached hydrogen (secondary N) is 2. The average Bonchev–Trinajstić information content (AvgIpc) is 2.33. The maximum Gasteiger partial charge on any atom is 0.252 e. The Morgan fingerprint density at radius 3 is 2.72 bits per heavy atom. The van der Waals surface area contributed by atoms with E-state index in [0.717, 1.165) is 5.56 Å². The number of benzene rings is 1. The third-order valence-corrected chi connectivity index (χ3v) is 2.93. The molecule has 1 aliphatic heterocycles. The summed E-state index contributed by atoms with van der Waals surface area (Å²) in [4.78, 5) is 34.5. The van der Waals surface area contributed by atoms with Crippen molar-refractivity contribution in [2.75, 3.05) is 0 Å². The Bertz CT molecular complexity index is 511. The molecule has 0 unspecified atom stereocenters. The van der Waals surface area contributed by atoms with E-state index in [1.54, 1.807) is 12.1 Å². The molecule has 1 aromatic carbocycles. The molecule has 1 fully saturated rings. The molecule has 0 aromatic heterocycles. The molecule has 1 aromatic rings. The average molecular weight is 246 g/mol. The summed E-state index contributed by atoms with van der Waals surface area (Å²) in [5, 5.41) is 4.85. The second-order valence-electron chi connectivity index (χ2n) is 4.29. The van der Waals surface area contributed by atoms with Crippen LogP contribution in [0.5, 0.6) is 0 Å². The molecule has 0 spiro atoms. The molecule has 5 nitrogen and oxygen atoms in total. The van der Waals surface area contributed by atoms with Crippen molar-refractivity contribution < 1.29 is 14.4 Å². The molecular weight excluding hydrogens is 232 g/mol. The molecule has 3 amide bonds. The summed E-state index contributed by atoms with van der Waals surface area (Å²) in [7, 11) is 0. The number of aryl methyl sites for hydroxylation is 1. The molecule has 1 aliphatic rings. The van der Waals surface area contributed by atoms with Crippen LogP contribution < -0.4 is 10.6 Å². The first kappa shape index (κ1) is 12.3. The van der Waals surface area contributed by atoms with Crippen molar-refractivity contribution in [1.82, 2.24) is 10.6 Å². The number of hydrogen-bond acceptors (Lipinski definition) is 3. The fourth-order valence-electron chi connectivity index (χ4n) is 1.89. The molecule has 0 bridgehead atoms. The molecule has 0 radical (unpaired) electrons. The lowest BCUT2D eigenvalue weighted by Gasteiger charge is -2.22. The summed E-state index contributed by atoms with van der Waals surface area (Å²) in [6.07, 6.45) is 0.604. The third-order valence-electron chi connectivity index (χ3n) is 2.93. The van der Waals surface area contributed by atoms with Gasteiger partial charge in [0.2, 0.25) is 11.8 Å². The lowest BCUT2D eigenvalue weighted by molar-refractivity contribution is -0.134. The Hall–Kier alpha value is -2.17. The smallest absolute Gasteiger partial charge is 0.252 e. The van der Waals surface area contributed by atoms with Crippen LogP contribution in [0, 0.1) is 6.92 Å². The Morgan fingerprint density at radius 1 is 1.33 bits per heavy atom. The van der Waals surface area contributed by atoms with Gasteiger partial charge < -0.3 is 5.32 Å². The molecule has 0 aliphatic carbocycles. The molecule has 1 saturated heterocycles. The van der Waals surface area contributed by atoms with Gasteiger partial charge in [0, 0.05) is 12.0 Å². The topological polar surface area (TPSA) is 75.3 Å². The van der Waals surface area contributed by atoms with Gasteiger partial charge in [-0.1, -0.05) is 18.2 Å². The molecule has 94 valence electrons.